The molecule has 8 nitrogen and oxygen atoms in total. The van der Waals surface area contributed by atoms with Gasteiger partial charge in [0.1, 0.15) is 5.60 Å². The highest BCUT2D eigenvalue weighted by Crippen LogP contribution is 2.33. The second-order valence-electron chi connectivity index (χ2n) is 8.84. The Labute approximate surface area is 182 Å². The number of rotatable bonds is 4. The number of hydrogen-bond donors (Lipinski definition) is 4. The number of carbonyl (C=O) groups excluding carboxylic acids is 1. The first-order chi connectivity index (χ1) is 14.8. The lowest BCUT2D eigenvalue weighted by Crippen LogP contribution is -2.66. The summed E-state index contributed by atoms with van der Waals surface area (Å²) in [7, 11) is 1.80. The van der Waals surface area contributed by atoms with Crippen LogP contribution >= 0.6 is 0 Å². The quantitative estimate of drug-likeness (QED) is 0.595. The molecule has 1 aromatic heterocycles. The molecule has 2 aliphatic rings. The second-order valence-corrected chi connectivity index (χ2v) is 8.84. The van der Waals surface area contributed by atoms with Crippen LogP contribution < -0.4 is 16.0 Å². The zero-order chi connectivity index (χ0) is 22.2. The molecule has 31 heavy (non-hydrogen) atoms. The van der Waals surface area contributed by atoms with Crippen LogP contribution in [0.4, 0.5) is 5.69 Å². The van der Waals surface area contributed by atoms with Gasteiger partial charge in [0.2, 0.25) is 5.91 Å². The summed E-state index contributed by atoms with van der Waals surface area (Å²) < 4.78 is 0. The van der Waals surface area contributed by atoms with Crippen molar-refractivity contribution >= 4 is 11.6 Å². The number of amides is 1. The molecule has 4 rings (SSSR count). The minimum atomic E-state index is -0.999. The van der Waals surface area contributed by atoms with Crippen molar-refractivity contribution in [3.05, 3.63) is 59.4 Å². The van der Waals surface area contributed by atoms with E-state index in [9.17, 15) is 15.2 Å². The number of fused-ring (bicyclic) bond motifs is 1. The van der Waals surface area contributed by atoms with Crippen LogP contribution in [0.3, 0.4) is 0 Å². The third-order valence-electron chi connectivity index (χ3n) is 6.04. The molecular weight excluding hydrogens is 392 g/mol. The van der Waals surface area contributed by atoms with Crippen molar-refractivity contribution < 1.29 is 9.90 Å². The molecule has 0 bridgehead atoms. The predicted octanol–water partition coefficient (Wildman–Crippen LogP) is 1.66. The number of aliphatic hydroxyl groups is 1. The molecule has 8 heteroatoms. The van der Waals surface area contributed by atoms with Crippen LogP contribution in [0.2, 0.25) is 0 Å². The summed E-state index contributed by atoms with van der Waals surface area (Å²) in [6.45, 7) is 3.93. The Morgan fingerprint density at radius 3 is 2.81 bits per heavy atom. The first kappa shape index (κ1) is 21.2. The Balaban J connectivity index is 1.62. The van der Waals surface area contributed by atoms with Gasteiger partial charge in [-0.05, 0) is 50.1 Å². The van der Waals surface area contributed by atoms with Gasteiger partial charge in [0, 0.05) is 31.0 Å². The third-order valence-corrected chi connectivity index (χ3v) is 6.04. The van der Waals surface area contributed by atoms with Crippen LogP contribution in [0.15, 0.2) is 42.6 Å². The molecule has 4 atom stereocenters. The van der Waals surface area contributed by atoms with Gasteiger partial charge in [0.05, 0.1) is 36.1 Å². The van der Waals surface area contributed by atoms with Crippen molar-refractivity contribution in [2.45, 2.75) is 44.1 Å². The molecule has 0 aliphatic carbocycles. The predicted molar refractivity (Wildman–Crippen MR) is 117 cm³/mol. The Hall–Kier alpha value is -2.99. The van der Waals surface area contributed by atoms with E-state index in [4.69, 9.17) is 0 Å². The SMILES string of the molecule is CN1CNC2CC(c3ccc(C(C)(C)O)nc3)NC(Nc3cccc(C#N)c3)C2C1=O. The van der Waals surface area contributed by atoms with Crippen molar-refractivity contribution in [2.75, 3.05) is 19.0 Å². The lowest BCUT2D eigenvalue weighted by molar-refractivity contribution is -0.141. The third kappa shape index (κ3) is 4.39. The first-order valence-electron chi connectivity index (χ1n) is 10.5. The topological polar surface area (TPSA) is 113 Å². The fourth-order valence-corrected chi connectivity index (χ4v) is 4.33. The van der Waals surface area contributed by atoms with Gasteiger partial charge in [0.25, 0.3) is 0 Å². The summed E-state index contributed by atoms with van der Waals surface area (Å²) in [6.07, 6.45) is 2.20. The number of benzene rings is 1. The van der Waals surface area contributed by atoms with Crippen LogP contribution in [0.1, 0.15) is 43.1 Å². The summed E-state index contributed by atoms with van der Waals surface area (Å²) in [5.41, 5.74) is 1.96. The van der Waals surface area contributed by atoms with E-state index >= 15 is 0 Å². The normalized spacial score (nSPS) is 26.2. The number of carbonyl (C=O) groups is 1. The van der Waals surface area contributed by atoms with Gasteiger partial charge in [-0.15, -0.1) is 0 Å². The van der Waals surface area contributed by atoms with Gasteiger partial charge in [-0.3, -0.25) is 20.4 Å². The van der Waals surface area contributed by atoms with Crippen molar-refractivity contribution in [2.24, 2.45) is 5.92 Å². The molecule has 1 amide bonds. The maximum absolute atomic E-state index is 13.0. The monoisotopic (exact) mass is 420 g/mol. The van der Waals surface area contributed by atoms with Gasteiger partial charge in [0.15, 0.2) is 0 Å². The Morgan fingerprint density at radius 2 is 2.13 bits per heavy atom. The second kappa shape index (κ2) is 8.27. The Morgan fingerprint density at radius 1 is 1.32 bits per heavy atom. The number of pyridine rings is 1. The fraction of sp³-hybridized carbons (Fsp3) is 0.435. The molecule has 2 fully saturated rings. The number of piperidine rings is 1. The van der Waals surface area contributed by atoms with E-state index in [1.165, 1.54) is 0 Å². The molecule has 162 valence electrons. The molecule has 2 aliphatic heterocycles. The summed E-state index contributed by atoms with van der Waals surface area (Å²) in [6, 6.07) is 13.2. The van der Waals surface area contributed by atoms with Gasteiger partial charge >= 0.3 is 0 Å². The smallest absolute Gasteiger partial charge is 0.231 e. The standard InChI is InChI=1S/C23H28N6O2/c1-23(2,31)19-8-7-15(12-25-19)17-10-18-20(22(30)29(3)13-26-18)21(28-17)27-16-6-4-5-14(9-16)11-24/h4-9,12,17-18,20-21,26-28,31H,10,13H2,1-3H3. The van der Waals surface area contributed by atoms with Crippen molar-refractivity contribution in [1.29, 1.82) is 5.26 Å². The molecule has 0 radical (unpaired) electrons. The zero-order valence-corrected chi connectivity index (χ0v) is 18.0. The van der Waals surface area contributed by atoms with Crippen LogP contribution in [-0.4, -0.2) is 46.8 Å². The molecular formula is C23H28N6O2. The minimum absolute atomic E-state index is 0.000517. The molecule has 0 spiro atoms. The molecule has 1 aromatic carbocycles. The number of hydrogen-bond acceptors (Lipinski definition) is 7. The fourth-order valence-electron chi connectivity index (χ4n) is 4.33. The van der Waals surface area contributed by atoms with Crippen LogP contribution in [0, 0.1) is 17.2 Å². The molecule has 4 N–H and O–H groups in total. The summed E-state index contributed by atoms with van der Waals surface area (Å²) in [4.78, 5) is 19.1. The maximum Gasteiger partial charge on any atom is 0.231 e. The zero-order valence-electron chi connectivity index (χ0n) is 18.0. The lowest BCUT2D eigenvalue weighted by atomic mass is 9.82. The highest BCUT2D eigenvalue weighted by atomic mass is 16.3. The van der Waals surface area contributed by atoms with Crippen LogP contribution in [0.5, 0.6) is 0 Å². The Kier molecular flexibility index (Phi) is 5.67. The van der Waals surface area contributed by atoms with Gasteiger partial charge in [-0.25, -0.2) is 0 Å². The van der Waals surface area contributed by atoms with E-state index in [0.717, 1.165) is 17.7 Å². The van der Waals surface area contributed by atoms with Crippen LogP contribution in [-0.2, 0) is 10.4 Å². The molecule has 2 saturated heterocycles. The Bertz CT molecular complexity index is 994. The van der Waals surface area contributed by atoms with Crippen molar-refractivity contribution in [3.8, 4) is 6.07 Å². The highest BCUT2D eigenvalue weighted by Gasteiger charge is 2.45. The summed E-state index contributed by atoms with van der Waals surface area (Å²) >= 11 is 0. The molecule has 2 aromatic rings. The number of nitrogens with one attached hydrogen (secondary N) is 3. The van der Waals surface area contributed by atoms with E-state index in [-0.39, 0.29) is 30.1 Å². The number of aromatic nitrogens is 1. The van der Waals surface area contributed by atoms with Gasteiger partial charge in [-0.2, -0.15) is 5.26 Å². The highest BCUT2D eigenvalue weighted by molar-refractivity contribution is 5.81. The van der Waals surface area contributed by atoms with E-state index < -0.39 is 5.60 Å². The summed E-state index contributed by atoms with van der Waals surface area (Å²) in [5, 5.41) is 29.9. The van der Waals surface area contributed by atoms with Crippen molar-refractivity contribution in [1.82, 2.24) is 20.5 Å². The van der Waals surface area contributed by atoms with E-state index in [0.29, 0.717) is 17.9 Å². The van der Waals surface area contributed by atoms with Gasteiger partial charge in [-0.1, -0.05) is 12.1 Å². The number of nitriles is 1. The molecule has 0 saturated carbocycles. The average Bonchev–Trinajstić information content (AvgIpc) is 2.75. The maximum atomic E-state index is 13.0. The minimum Gasteiger partial charge on any atom is -0.384 e. The van der Waals surface area contributed by atoms with Crippen LogP contribution in [0.25, 0.3) is 0 Å². The van der Waals surface area contributed by atoms with E-state index in [1.54, 1.807) is 44.1 Å². The largest absolute Gasteiger partial charge is 0.384 e. The van der Waals surface area contributed by atoms with Gasteiger partial charge < -0.3 is 15.3 Å². The van der Waals surface area contributed by atoms with E-state index in [2.05, 4.69) is 27.0 Å². The molecule has 4 unspecified atom stereocenters. The van der Waals surface area contributed by atoms with E-state index in [1.807, 2.05) is 24.3 Å². The van der Waals surface area contributed by atoms with Crippen molar-refractivity contribution in [3.63, 3.8) is 0 Å². The number of nitrogens with zero attached hydrogens (tertiary/aromatic N) is 3. The summed E-state index contributed by atoms with van der Waals surface area (Å²) in [5.74, 6) is -0.205. The lowest BCUT2D eigenvalue weighted by Gasteiger charge is -2.47. The first-order valence-corrected chi connectivity index (χ1v) is 10.5. The molecule has 3 heterocycles. The number of anilines is 1. The average molecular weight is 421 g/mol.